The first kappa shape index (κ1) is 22.5. The number of rotatable bonds is 6. The van der Waals surface area contributed by atoms with Crippen LogP contribution in [0.2, 0.25) is 0 Å². The van der Waals surface area contributed by atoms with Gasteiger partial charge in [0.1, 0.15) is 0 Å². The summed E-state index contributed by atoms with van der Waals surface area (Å²) in [5.74, 6) is -0.314. The summed E-state index contributed by atoms with van der Waals surface area (Å²) in [7, 11) is 0. The zero-order valence-electron chi connectivity index (χ0n) is 18.7. The van der Waals surface area contributed by atoms with Crippen molar-refractivity contribution in [1.29, 1.82) is 0 Å². The molecule has 0 saturated carbocycles. The van der Waals surface area contributed by atoms with Crippen LogP contribution in [-0.4, -0.2) is 21.7 Å². The maximum absolute atomic E-state index is 12.5. The first-order valence-electron chi connectivity index (χ1n) is 11.1. The minimum absolute atomic E-state index is 0.314. The molecule has 35 heavy (non-hydrogen) atoms. The molecule has 170 valence electrons. The van der Waals surface area contributed by atoms with Crippen LogP contribution < -0.4 is 5.43 Å². The number of amides is 1. The average molecular weight is 521 g/mol. The zero-order chi connectivity index (χ0) is 24.0. The molecule has 0 aliphatic rings. The van der Waals surface area contributed by atoms with Crippen LogP contribution in [0.15, 0.2) is 125 Å². The largest absolute Gasteiger partial charge is 0.309 e. The van der Waals surface area contributed by atoms with Crippen LogP contribution >= 0.6 is 15.9 Å². The Morgan fingerprint density at radius 3 is 2.20 bits per heavy atom. The van der Waals surface area contributed by atoms with Crippen molar-refractivity contribution in [1.82, 2.24) is 15.0 Å². The van der Waals surface area contributed by atoms with Crippen molar-refractivity contribution in [3.05, 3.63) is 131 Å². The van der Waals surface area contributed by atoms with Crippen LogP contribution in [0.1, 0.15) is 15.9 Å². The summed E-state index contributed by atoms with van der Waals surface area (Å²) in [6.07, 6.45) is 4.83. The van der Waals surface area contributed by atoms with Crippen molar-refractivity contribution >= 4 is 28.1 Å². The summed E-state index contributed by atoms with van der Waals surface area (Å²) in [5.41, 5.74) is 9.08. The highest BCUT2D eigenvalue weighted by Gasteiger charge is 2.18. The van der Waals surface area contributed by atoms with Gasteiger partial charge in [0.15, 0.2) is 0 Å². The Hall–Kier alpha value is -4.29. The summed E-state index contributed by atoms with van der Waals surface area (Å²) < 4.78 is 3.23. The molecule has 0 radical (unpaired) electrons. The molecule has 2 heterocycles. The third-order valence-corrected chi connectivity index (χ3v) is 6.05. The Morgan fingerprint density at radius 2 is 1.54 bits per heavy atom. The predicted octanol–water partition coefficient (Wildman–Crippen LogP) is 6.73. The van der Waals surface area contributed by atoms with Crippen molar-refractivity contribution < 1.29 is 4.79 Å². The van der Waals surface area contributed by atoms with E-state index in [0.717, 1.165) is 38.2 Å². The van der Waals surface area contributed by atoms with E-state index in [1.54, 1.807) is 24.5 Å². The fourth-order valence-corrected chi connectivity index (χ4v) is 4.19. The summed E-state index contributed by atoms with van der Waals surface area (Å²) in [4.78, 5) is 16.5. The molecule has 0 unspecified atom stereocenters. The second-order valence-corrected chi connectivity index (χ2v) is 8.73. The molecule has 5 nitrogen and oxygen atoms in total. The number of nitrogens with zero attached hydrogens (tertiary/aromatic N) is 3. The van der Waals surface area contributed by atoms with E-state index in [1.807, 2.05) is 48.5 Å². The number of halogens is 1. The fourth-order valence-electron chi connectivity index (χ4n) is 3.92. The van der Waals surface area contributed by atoms with E-state index < -0.39 is 0 Å². The lowest BCUT2D eigenvalue weighted by atomic mass is 10.1. The van der Waals surface area contributed by atoms with E-state index in [4.69, 9.17) is 0 Å². The molecule has 0 aliphatic carbocycles. The van der Waals surface area contributed by atoms with Crippen molar-refractivity contribution in [3.63, 3.8) is 0 Å². The summed E-state index contributed by atoms with van der Waals surface area (Å²) in [6.45, 7) is 0. The zero-order valence-corrected chi connectivity index (χ0v) is 20.3. The Labute approximate surface area is 211 Å². The molecule has 1 amide bonds. The molecule has 0 aliphatic heterocycles. The van der Waals surface area contributed by atoms with Gasteiger partial charge in [0.25, 0.3) is 5.91 Å². The van der Waals surface area contributed by atoms with Gasteiger partial charge in [-0.2, -0.15) is 5.10 Å². The number of benzene rings is 3. The quantitative estimate of drug-likeness (QED) is 0.199. The van der Waals surface area contributed by atoms with E-state index in [0.29, 0.717) is 5.56 Å². The molecule has 0 spiro atoms. The topological polar surface area (TPSA) is 59.3 Å². The molecule has 5 aromatic rings. The van der Waals surface area contributed by atoms with Gasteiger partial charge in [-0.15, -0.1) is 0 Å². The maximum atomic E-state index is 12.5. The van der Waals surface area contributed by atoms with Gasteiger partial charge >= 0.3 is 0 Å². The number of nitrogens with one attached hydrogen (secondary N) is 1. The van der Waals surface area contributed by atoms with Gasteiger partial charge in [0.2, 0.25) is 0 Å². The van der Waals surface area contributed by atoms with Crippen LogP contribution in [0.25, 0.3) is 28.2 Å². The van der Waals surface area contributed by atoms with Gasteiger partial charge in [-0.25, -0.2) is 5.43 Å². The van der Waals surface area contributed by atoms with Gasteiger partial charge in [-0.05, 0) is 53.6 Å². The number of aromatic nitrogens is 2. The van der Waals surface area contributed by atoms with E-state index >= 15 is 0 Å². The average Bonchev–Trinajstić information content (AvgIpc) is 3.30. The monoisotopic (exact) mass is 520 g/mol. The van der Waals surface area contributed by atoms with Crippen LogP contribution in [0, 0.1) is 0 Å². The van der Waals surface area contributed by atoms with Crippen LogP contribution in [0.3, 0.4) is 0 Å². The lowest BCUT2D eigenvalue weighted by Gasteiger charge is -2.15. The number of carbonyl (C=O) groups excluding carboxylic acids is 1. The van der Waals surface area contributed by atoms with E-state index in [9.17, 15) is 4.79 Å². The molecule has 1 N–H and O–H groups in total. The van der Waals surface area contributed by atoms with Gasteiger partial charge in [-0.1, -0.05) is 76.6 Å². The highest BCUT2D eigenvalue weighted by molar-refractivity contribution is 9.10. The minimum Gasteiger partial charge on any atom is -0.309 e. The normalized spacial score (nSPS) is 11.0. The Balaban J connectivity index is 1.65. The first-order valence-corrected chi connectivity index (χ1v) is 11.9. The van der Waals surface area contributed by atoms with Crippen LogP contribution in [0.5, 0.6) is 0 Å². The Kier molecular flexibility index (Phi) is 6.63. The molecule has 6 heteroatoms. The summed E-state index contributed by atoms with van der Waals surface area (Å²) >= 11 is 3.54. The SMILES string of the molecule is O=C(NN=Cc1cc(-c2ccccc2)n(-c2ccc(Br)cc2)c1-c1ccccc1)c1cccnc1. The molecule has 0 saturated heterocycles. The lowest BCUT2D eigenvalue weighted by Crippen LogP contribution is -2.17. The van der Waals surface area contributed by atoms with Crippen LogP contribution in [0.4, 0.5) is 0 Å². The number of pyridine rings is 1. The molecular weight excluding hydrogens is 500 g/mol. The van der Waals surface area contributed by atoms with Crippen molar-refractivity contribution in [2.24, 2.45) is 5.10 Å². The van der Waals surface area contributed by atoms with Crippen molar-refractivity contribution in [2.45, 2.75) is 0 Å². The Bertz CT molecular complexity index is 1460. The summed E-state index contributed by atoms with van der Waals surface area (Å²) in [5, 5.41) is 4.29. The third-order valence-electron chi connectivity index (χ3n) is 5.53. The van der Waals surface area contributed by atoms with Crippen molar-refractivity contribution in [2.75, 3.05) is 0 Å². The number of hydrazone groups is 1. The van der Waals surface area contributed by atoms with Gasteiger partial charge < -0.3 is 4.57 Å². The highest BCUT2D eigenvalue weighted by Crippen LogP contribution is 2.35. The number of hydrogen-bond donors (Lipinski definition) is 1. The summed E-state index contributed by atoms with van der Waals surface area (Å²) in [6, 6.07) is 34.1. The highest BCUT2D eigenvalue weighted by atomic mass is 79.9. The maximum Gasteiger partial charge on any atom is 0.272 e. The van der Waals surface area contributed by atoms with Crippen LogP contribution in [-0.2, 0) is 0 Å². The molecule has 3 aromatic carbocycles. The van der Waals surface area contributed by atoms with Gasteiger partial charge in [0.05, 0.1) is 23.2 Å². The number of hydrogen-bond acceptors (Lipinski definition) is 3. The minimum atomic E-state index is -0.314. The second-order valence-electron chi connectivity index (χ2n) is 7.82. The van der Waals surface area contributed by atoms with E-state index in [1.165, 1.54) is 6.20 Å². The van der Waals surface area contributed by atoms with E-state index in [2.05, 4.69) is 78.5 Å². The Morgan fingerprint density at radius 1 is 0.857 bits per heavy atom. The third kappa shape index (κ3) is 4.98. The molecule has 0 atom stereocenters. The second kappa shape index (κ2) is 10.3. The molecular formula is C29H21BrN4O. The van der Waals surface area contributed by atoms with Crippen molar-refractivity contribution in [3.8, 4) is 28.2 Å². The fraction of sp³-hybridized carbons (Fsp3) is 0. The standard InChI is InChI=1S/C29H21BrN4O/c30-25-13-15-26(16-14-25)34-27(21-8-3-1-4-9-21)18-24(28(34)22-10-5-2-6-11-22)20-32-33-29(35)23-12-7-17-31-19-23/h1-20H,(H,33,35). The number of carbonyl (C=O) groups is 1. The lowest BCUT2D eigenvalue weighted by molar-refractivity contribution is 0.0955. The first-order chi connectivity index (χ1) is 17.2. The van der Waals surface area contributed by atoms with E-state index in [-0.39, 0.29) is 5.91 Å². The smallest absolute Gasteiger partial charge is 0.272 e. The molecule has 5 rings (SSSR count). The molecule has 2 aromatic heterocycles. The molecule has 0 bridgehead atoms. The molecule has 0 fully saturated rings. The van der Waals surface area contributed by atoms with Gasteiger partial charge in [-0.3, -0.25) is 9.78 Å². The van der Waals surface area contributed by atoms with Gasteiger partial charge in [0, 0.05) is 28.1 Å². The predicted molar refractivity (Wildman–Crippen MR) is 144 cm³/mol.